The summed E-state index contributed by atoms with van der Waals surface area (Å²) in [6.07, 6.45) is 17.6. The van der Waals surface area contributed by atoms with Crippen LogP contribution in [0.25, 0.3) is 10.9 Å². The molecule has 2 aromatic heterocycles. The molecule has 4 saturated carbocycles. The van der Waals surface area contributed by atoms with Crippen molar-refractivity contribution in [2.45, 2.75) is 85.1 Å². The summed E-state index contributed by atoms with van der Waals surface area (Å²) >= 11 is 0. The molecule has 6 rings (SSSR count). The Balaban J connectivity index is 1.24. The molecule has 32 heavy (non-hydrogen) atoms. The van der Waals surface area contributed by atoms with Gasteiger partial charge < -0.3 is 0 Å². The van der Waals surface area contributed by atoms with Crippen molar-refractivity contribution in [3.05, 3.63) is 24.7 Å². The van der Waals surface area contributed by atoms with Gasteiger partial charge in [0.05, 0.1) is 17.9 Å². The molecule has 4 nitrogen and oxygen atoms in total. The van der Waals surface area contributed by atoms with Crippen LogP contribution in [0.5, 0.6) is 0 Å². The molecule has 2 heterocycles. The molecule has 0 spiro atoms. The first kappa shape index (κ1) is 20.9. The van der Waals surface area contributed by atoms with Crippen molar-refractivity contribution in [1.82, 2.24) is 14.8 Å². The zero-order chi connectivity index (χ0) is 22.1. The summed E-state index contributed by atoms with van der Waals surface area (Å²) in [5, 5.41) is 5.58. The second kappa shape index (κ2) is 7.40. The molecule has 0 bridgehead atoms. The maximum Gasteiger partial charge on any atom is 0.157 e. The van der Waals surface area contributed by atoms with Crippen molar-refractivity contribution in [3.8, 4) is 0 Å². The van der Waals surface area contributed by atoms with E-state index < -0.39 is 0 Å². The minimum atomic E-state index is 0.165. The Hall–Kier alpha value is -1.71. The normalized spacial score (nSPS) is 43.5. The van der Waals surface area contributed by atoms with Crippen LogP contribution in [0.1, 0.15) is 78.6 Å². The van der Waals surface area contributed by atoms with Crippen LogP contribution in [-0.2, 0) is 11.3 Å². The number of fused-ring (bicyclic) bond motifs is 6. The van der Waals surface area contributed by atoms with Crippen molar-refractivity contribution in [1.29, 1.82) is 0 Å². The van der Waals surface area contributed by atoms with Crippen LogP contribution in [0, 0.1) is 46.3 Å². The summed E-state index contributed by atoms with van der Waals surface area (Å²) in [4.78, 5) is 17.9. The maximum atomic E-state index is 13.7. The van der Waals surface area contributed by atoms with Gasteiger partial charge in [-0.3, -0.25) is 14.5 Å². The Bertz CT molecular complexity index is 1030. The van der Waals surface area contributed by atoms with E-state index in [-0.39, 0.29) is 11.3 Å². The van der Waals surface area contributed by atoms with Crippen LogP contribution in [0.4, 0.5) is 0 Å². The van der Waals surface area contributed by atoms with Crippen LogP contribution in [0.15, 0.2) is 24.7 Å². The lowest BCUT2D eigenvalue weighted by Crippen LogP contribution is -2.55. The number of Topliss-reactive ketones (excluding diaryl/α,β-unsaturated/α-hetero) is 1. The zero-order valence-electron chi connectivity index (χ0n) is 20.1. The maximum absolute atomic E-state index is 13.7. The largest absolute Gasteiger partial charge is 0.297 e. The summed E-state index contributed by atoms with van der Waals surface area (Å²) < 4.78 is 1.88. The van der Waals surface area contributed by atoms with Gasteiger partial charge in [0.25, 0.3) is 0 Å². The molecule has 0 amide bonds. The highest BCUT2D eigenvalue weighted by Crippen LogP contribution is 2.69. The summed E-state index contributed by atoms with van der Waals surface area (Å²) in [6.45, 7) is 7.97. The van der Waals surface area contributed by atoms with E-state index in [9.17, 15) is 4.79 Å². The fourth-order valence-corrected chi connectivity index (χ4v) is 9.49. The molecule has 0 radical (unpaired) electrons. The average Bonchev–Trinajstić information content (AvgIpc) is 3.35. The SMILES string of the molecule is C[C@H]1CC[C@@H]2C3CC[C@@]4(C)C(CC[C@@H]4C(=O)Cn4ncc5ccncc54)C3(C)CC[C@@H]2C1. The summed E-state index contributed by atoms with van der Waals surface area (Å²) in [7, 11) is 0. The lowest BCUT2D eigenvalue weighted by atomic mass is 9.43. The van der Waals surface area contributed by atoms with E-state index >= 15 is 0 Å². The van der Waals surface area contributed by atoms with Gasteiger partial charge in [0.15, 0.2) is 5.78 Å². The fraction of sp³-hybridized carbons (Fsp3) is 0.750. The van der Waals surface area contributed by atoms with Crippen LogP contribution < -0.4 is 0 Å². The van der Waals surface area contributed by atoms with Crippen molar-refractivity contribution < 1.29 is 4.79 Å². The Morgan fingerprint density at radius 2 is 1.91 bits per heavy atom. The quantitative estimate of drug-likeness (QED) is 0.571. The standard InChI is InChI=1S/C28H39N3O/c1-18-4-5-21-19(14-18)8-11-27(2)22(21)9-12-28(3)23(6-7-26(27)28)25(32)17-31-24-16-29-13-10-20(24)15-30-31/h10,13,15-16,18-19,21-23,26H,4-9,11-12,14,17H2,1-3H3/t18-,19+,21-,22?,23+,26?,27?,28+/m0/s1. The third kappa shape index (κ3) is 2.97. The predicted molar refractivity (Wildman–Crippen MR) is 127 cm³/mol. The number of carbonyl (C=O) groups excluding carboxylic acids is 1. The summed E-state index contributed by atoms with van der Waals surface area (Å²) in [6, 6.07) is 1.97. The first-order chi connectivity index (χ1) is 15.4. The van der Waals surface area contributed by atoms with Crippen molar-refractivity contribution in [2.24, 2.45) is 46.3 Å². The van der Waals surface area contributed by atoms with E-state index in [1.54, 1.807) is 6.20 Å². The van der Waals surface area contributed by atoms with Crippen LogP contribution in [0.3, 0.4) is 0 Å². The van der Waals surface area contributed by atoms with Crippen LogP contribution >= 0.6 is 0 Å². The Morgan fingerprint density at radius 3 is 2.78 bits per heavy atom. The molecule has 0 saturated heterocycles. The molecule has 8 atom stereocenters. The number of carbonyl (C=O) groups is 1. The van der Waals surface area contributed by atoms with Gasteiger partial charge >= 0.3 is 0 Å². The van der Waals surface area contributed by atoms with Gasteiger partial charge in [0, 0.05) is 17.5 Å². The third-order valence-electron chi connectivity index (χ3n) is 11.0. The Morgan fingerprint density at radius 1 is 1.06 bits per heavy atom. The molecule has 0 aliphatic heterocycles. The molecule has 4 aliphatic rings. The second-order valence-corrected chi connectivity index (χ2v) is 12.4. The van der Waals surface area contributed by atoms with E-state index in [4.69, 9.17) is 0 Å². The van der Waals surface area contributed by atoms with E-state index in [1.165, 1.54) is 51.4 Å². The smallest absolute Gasteiger partial charge is 0.157 e. The number of pyridine rings is 1. The first-order valence-corrected chi connectivity index (χ1v) is 13.2. The molecule has 172 valence electrons. The lowest BCUT2D eigenvalue weighted by molar-refractivity contribution is -0.143. The van der Waals surface area contributed by atoms with Gasteiger partial charge in [-0.05, 0) is 97.9 Å². The van der Waals surface area contributed by atoms with Gasteiger partial charge in [0.2, 0.25) is 0 Å². The van der Waals surface area contributed by atoms with E-state index in [0.717, 1.165) is 41.0 Å². The number of hydrogen-bond donors (Lipinski definition) is 0. The highest BCUT2D eigenvalue weighted by atomic mass is 16.1. The van der Waals surface area contributed by atoms with Crippen LogP contribution in [-0.4, -0.2) is 20.5 Å². The highest BCUT2D eigenvalue weighted by molar-refractivity contribution is 5.84. The molecule has 0 aromatic carbocycles. The van der Waals surface area contributed by atoms with Gasteiger partial charge in [-0.25, -0.2) is 0 Å². The Kier molecular flexibility index (Phi) is 4.82. The highest BCUT2D eigenvalue weighted by Gasteiger charge is 2.63. The molecule has 4 heteroatoms. The molecule has 4 fully saturated rings. The third-order valence-corrected chi connectivity index (χ3v) is 11.0. The van der Waals surface area contributed by atoms with Crippen molar-refractivity contribution >= 4 is 16.7 Å². The van der Waals surface area contributed by atoms with E-state index in [2.05, 4.69) is 30.9 Å². The molecule has 2 aromatic rings. The Labute approximate surface area is 192 Å². The topological polar surface area (TPSA) is 47.8 Å². The molecule has 3 unspecified atom stereocenters. The van der Waals surface area contributed by atoms with Crippen LogP contribution in [0.2, 0.25) is 0 Å². The average molecular weight is 434 g/mol. The number of ketones is 1. The number of rotatable bonds is 3. The first-order valence-electron chi connectivity index (χ1n) is 13.2. The monoisotopic (exact) mass is 433 g/mol. The number of nitrogens with zero attached hydrogens (tertiary/aromatic N) is 3. The summed E-state index contributed by atoms with van der Waals surface area (Å²) in [5.74, 6) is 5.03. The molecular weight excluding hydrogens is 394 g/mol. The minimum Gasteiger partial charge on any atom is -0.297 e. The fourth-order valence-electron chi connectivity index (χ4n) is 9.49. The minimum absolute atomic E-state index is 0.165. The van der Waals surface area contributed by atoms with Gasteiger partial charge in [0.1, 0.15) is 6.54 Å². The van der Waals surface area contributed by atoms with Crippen molar-refractivity contribution in [3.63, 3.8) is 0 Å². The van der Waals surface area contributed by atoms with Crippen molar-refractivity contribution in [2.75, 3.05) is 0 Å². The number of aromatic nitrogens is 3. The number of hydrogen-bond acceptors (Lipinski definition) is 3. The van der Waals surface area contributed by atoms with Gasteiger partial charge in [-0.1, -0.05) is 27.2 Å². The predicted octanol–water partition coefficient (Wildman–Crippen LogP) is 6.30. The molecular formula is C28H39N3O. The molecule has 0 N–H and O–H groups in total. The second-order valence-electron chi connectivity index (χ2n) is 12.4. The lowest BCUT2D eigenvalue weighted by Gasteiger charge is -2.62. The summed E-state index contributed by atoms with van der Waals surface area (Å²) in [5.41, 5.74) is 1.57. The van der Waals surface area contributed by atoms with E-state index in [0.29, 0.717) is 23.7 Å². The molecule has 4 aliphatic carbocycles. The van der Waals surface area contributed by atoms with E-state index in [1.807, 2.05) is 23.1 Å². The zero-order valence-corrected chi connectivity index (χ0v) is 20.1. The van der Waals surface area contributed by atoms with Gasteiger partial charge in [-0.15, -0.1) is 0 Å². The van der Waals surface area contributed by atoms with Gasteiger partial charge in [-0.2, -0.15) is 5.10 Å².